The van der Waals surface area contributed by atoms with Crippen LogP contribution in [-0.2, 0) is 9.53 Å². The fourth-order valence-corrected chi connectivity index (χ4v) is 5.97. The van der Waals surface area contributed by atoms with Gasteiger partial charge in [-0.15, -0.1) is 0 Å². The van der Waals surface area contributed by atoms with Gasteiger partial charge in [-0.1, -0.05) is 53.8 Å². The second-order valence-corrected chi connectivity index (χ2v) is 9.90. The molecule has 0 radical (unpaired) electrons. The van der Waals surface area contributed by atoms with Crippen LogP contribution in [0.5, 0.6) is 11.5 Å². The van der Waals surface area contributed by atoms with E-state index in [4.69, 9.17) is 14.2 Å². The van der Waals surface area contributed by atoms with E-state index >= 15 is 0 Å². The Morgan fingerprint density at radius 3 is 2.72 bits per heavy atom. The minimum atomic E-state index is -0.805. The molecule has 11 heteroatoms. The first-order valence-corrected chi connectivity index (χ1v) is 12.9. The molecule has 2 aliphatic rings. The normalized spacial score (nSPS) is 16.3. The lowest BCUT2D eigenvalue weighted by Crippen LogP contribution is -2.40. The molecule has 0 aliphatic carbocycles. The standard InChI is InChI=1S/C28H21N3O7S/c1-3-36-27(33)24-15(2)29-28-30(25(24)19-10-6-8-16-7-4-5-9-18(16)19)26(32)23(39-28)12-17-11-21-22(38-14-37-21)13-20(17)31(34)35/h4-13,25H,3,14H2,1-2H3/b23-12-/t25-/m1/s1. The van der Waals surface area contributed by atoms with E-state index in [1.54, 1.807) is 13.8 Å². The van der Waals surface area contributed by atoms with E-state index in [2.05, 4.69) is 4.99 Å². The van der Waals surface area contributed by atoms with Crippen molar-refractivity contribution in [1.29, 1.82) is 0 Å². The highest BCUT2D eigenvalue weighted by atomic mass is 32.1. The van der Waals surface area contributed by atoms with Crippen molar-refractivity contribution < 1.29 is 23.9 Å². The number of allylic oxidation sites excluding steroid dienone is 1. The Labute approximate surface area is 224 Å². The average molecular weight is 544 g/mol. The SMILES string of the molecule is CCOC(=O)C1=C(C)N=c2s/c(=C\c3cc4c(cc3[N+](=O)[O-])OCO4)c(=O)n2[C@@H]1c1cccc2ccccc12. The van der Waals surface area contributed by atoms with Crippen molar-refractivity contribution in [2.45, 2.75) is 19.9 Å². The van der Waals surface area contributed by atoms with Gasteiger partial charge in [-0.25, -0.2) is 9.79 Å². The number of nitro groups is 1. The van der Waals surface area contributed by atoms with Crippen LogP contribution in [0.25, 0.3) is 16.8 Å². The fourth-order valence-electron chi connectivity index (χ4n) is 4.94. The zero-order chi connectivity index (χ0) is 27.3. The number of nitrogens with zero attached hydrogens (tertiary/aromatic N) is 3. The van der Waals surface area contributed by atoms with E-state index in [0.29, 0.717) is 16.2 Å². The molecule has 0 amide bonds. The van der Waals surface area contributed by atoms with Gasteiger partial charge in [0.2, 0.25) is 6.79 Å². The molecule has 0 N–H and O–H groups in total. The molecule has 39 heavy (non-hydrogen) atoms. The smallest absolute Gasteiger partial charge is 0.338 e. The van der Waals surface area contributed by atoms with E-state index < -0.39 is 22.5 Å². The summed E-state index contributed by atoms with van der Waals surface area (Å²) in [5.74, 6) is 0.0667. The van der Waals surface area contributed by atoms with Crippen molar-refractivity contribution in [3.63, 3.8) is 0 Å². The molecule has 2 aliphatic heterocycles. The van der Waals surface area contributed by atoms with E-state index in [-0.39, 0.29) is 40.5 Å². The monoisotopic (exact) mass is 543 g/mol. The molecule has 3 aromatic carbocycles. The number of benzene rings is 3. The first-order valence-electron chi connectivity index (χ1n) is 12.1. The van der Waals surface area contributed by atoms with Crippen LogP contribution in [0.15, 0.2) is 75.7 Å². The van der Waals surface area contributed by atoms with Gasteiger partial charge in [0, 0.05) is 0 Å². The zero-order valence-corrected chi connectivity index (χ0v) is 21.7. The summed E-state index contributed by atoms with van der Waals surface area (Å²) >= 11 is 1.09. The van der Waals surface area contributed by atoms with Gasteiger partial charge in [-0.3, -0.25) is 19.5 Å². The summed E-state index contributed by atoms with van der Waals surface area (Å²) in [5.41, 5.74) is 0.983. The van der Waals surface area contributed by atoms with Crippen molar-refractivity contribution >= 4 is 39.8 Å². The highest BCUT2D eigenvalue weighted by Crippen LogP contribution is 2.38. The Morgan fingerprint density at radius 1 is 1.21 bits per heavy atom. The van der Waals surface area contributed by atoms with E-state index in [1.165, 1.54) is 22.8 Å². The summed E-state index contributed by atoms with van der Waals surface area (Å²) < 4.78 is 17.7. The molecular weight excluding hydrogens is 522 g/mol. The summed E-state index contributed by atoms with van der Waals surface area (Å²) in [6.07, 6.45) is 1.45. The highest BCUT2D eigenvalue weighted by molar-refractivity contribution is 7.07. The van der Waals surface area contributed by atoms with Gasteiger partial charge in [0.15, 0.2) is 16.3 Å². The van der Waals surface area contributed by atoms with Gasteiger partial charge in [0.25, 0.3) is 11.2 Å². The molecule has 4 aromatic rings. The van der Waals surface area contributed by atoms with Gasteiger partial charge in [-0.2, -0.15) is 0 Å². The van der Waals surface area contributed by atoms with Crippen molar-refractivity contribution in [3.8, 4) is 11.5 Å². The number of hydrogen-bond acceptors (Lipinski definition) is 9. The molecule has 0 unspecified atom stereocenters. The zero-order valence-electron chi connectivity index (χ0n) is 20.9. The van der Waals surface area contributed by atoms with Crippen molar-refractivity contribution in [2.24, 2.45) is 4.99 Å². The molecule has 0 saturated carbocycles. The molecule has 0 saturated heterocycles. The second-order valence-electron chi connectivity index (χ2n) is 8.89. The van der Waals surface area contributed by atoms with Crippen molar-refractivity contribution in [1.82, 2.24) is 4.57 Å². The minimum Gasteiger partial charge on any atom is -0.463 e. The number of carbonyl (C=O) groups excluding carboxylic acids is 1. The van der Waals surface area contributed by atoms with Crippen LogP contribution in [-0.4, -0.2) is 28.9 Å². The molecule has 196 valence electrons. The Balaban J connectivity index is 1.62. The number of carbonyl (C=O) groups is 1. The Bertz CT molecular complexity index is 1900. The predicted octanol–water partition coefficient (Wildman–Crippen LogP) is 3.59. The fraction of sp³-hybridized carbons (Fsp3) is 0.179. The number of thiazole rings is 1. The maximum Gasteiger partial charge on any atom is 0.338 e. The minimum absolute atomic E-state index is 0.0426. The molecule has 0 fully saturated rings. The third-order valence-corrected chi connectivity index (χ3v) is 7.62. The molecule has 1 aromatic heterocycles. The lowest BCUT2D eigenvalue weighted by Gasteiger charge is -2.25. The molecular formula is C28H21N3O7S. The molecule has 3 heterocycles. The number of fused-ring (bicyclic) bond motifs is 3. The van der Waals surface area contributed by atoms with Gasteiger partial charge in [0.1, 0.15) is 0 Å². The molecule has 1 atom stereocenters. The lowest BCUT2D eigenvalue weighted by atomic mass is 9.91. The molecule has 10 nitrogen and oxygen atoms in total. The molecule has 0 spiro atoms. The predicted molar refractivity (Wildman–Crippen MR) is 144 cm³/mol. The van der Waals surface area contributed by atoms with Crippen LogP contribution in [0.3, 0.4) is 0 Å². The third kappa shape index (κ3) is 4.07. The number of ether oxygens (including phenoxy) is 3. The first-order chi connectivity index (χ1) is 18.9. The second kappa shape index (κ2) is 9.52. The van der Waals surface area contributed by atoms with E-state index in [0.717, 1.165) is 27.7 Å². The summed E-state index contributed by atoms with van der Waals surface area (Å²) in [7, 11) is 0. The Morgan fingerprint density at radius 2 is 1.95 bits per heavy atom. The van der Waals surface area contributed by atoms with Gasteiger partial charge < -0.3 is 14.2 Å². The van der Waals surface area contributed by atoms with Crippen LogP contribution in [0.1, 0.15) is 31.0 Å². The van der Waals surface area contributed by atoms with Crippen LogP contribution in [0, 0.1) is 10.1 Å². The van der Waals surface area contributed by atoms with Gasteiger partial charge >= 0.3 is 5.97 Å². The van der Waals surface area contributed by atoms with Crippen LogP contribution in [0.2, 0.25) is 0 Å². The highest BCUT2D eigenvalue weighted by Gasteiger charge is 2.34. The number of nitro benzene ring substituents is 1. The number of rotatable bonds is 5. The van der Waals surface area contributed by atoms with Crippen LogP contribution >= 0.6 is 11.3 Å². The summed E-state index contributed by atoms with van der Waals surface area (Å²) in [5, 5.41) is 13.6. The maximum atomic E-state index is 14.0. The maximum absolute atomic E-state index is 14.0. The summed E-state index contributed by atoms with van der Waals surface area (Å²) in [4.78, 5) is 43.4. The quantitative estimate of drug-likeness (QED) is 0.214. The van der Waals surface area contributed by atoms with Crippen molar-refractivity contribution in [3.05, 3.63) is 107 Å². The molecule has 6 rings (SSSR count). The molecule has 0 bridgehead atoms. The Hall–Kier alpha value is -4.77. The van der Waals surface area contributed by atoms with Gasteiger partial charge in [-0.05, 0) is 42.3 Å². The summed E-state index contributed by atoms with van der Waals surface area (Å²) in [6, 6.07) is 15.4. The summed E-state index contributed by atoms with van der Waals surface area (Å²) in [6.45, 7) is 3.55. The lowest BCUT2D eigenvalue weighted by molar-refractivity contribution is -0.385. The van der Waals surface area contributed by atoms with Crippen LogP contribution < -0.4 is 24.4 Å². The Kier molecular flexibility index (Phi) is 5.99. The largest absolute Gasteiger partial charge is 0.463 e. The first kappa shape index (κ1) is 24.6. The van der Waals surface area contributed by atoms with Crippen molar-refractivity contribution in [2.75, 3.05) is 13.4 Å². The third-order valence-electron chi connectivity index (χ3n) is 6.64. The number of esters is 1. The van der Waals surface area contributed by atoms with E-state index in [1.807, 2.05) is 42.5 Å². The van der Waals surface area contributed by atoms with Crippen LogP contribution in [0.4, 0.5) is 5.69 Å². The van der Waals surface area contributed by atoms with Gasteiger partial charge in [0.05, 0.1) is 45.0 Å². The topological polar surface area (TPSA) is 122 Å². The average Bonchev–Trinajstić information content (AvgIpc) is 3.50. The number of aromatic nitrogens is 1. The number of hydrogen-bond donors (Lipinski definition) is 0. The van der Waals surface area contributed by atoms with E-state index in [9.17, 15) is 19.7 Å².